The van der Waals surface area contributed by atoms with Crippen molar-refractivity contribution < 1.29 is 0 Å². The fourth-order valence-electron chi connectivity index (χ4n) is 12.7. The molecule has 0 spiro atoms. The third-order valence-electron chi connectivity index (χ3n) is 16.2. The number of nitrogens with zero attached hydrogens (tertiary/aromatic N) is 2. The number of hydrogen-bond donors (Lipinski definition) is 0. The molecule has 2 nitrogen and oxygen atoms in total. The monoisotopic (exact) mass is 760 g/mol. The number of rotatable bonds is 2. The second-order valence-corrected chi connectivity index (χ2v) is 23.3. The highest BCUT2D eigenvalue weighted by molar-refractivity contribution is 7.29. The van der Waals surface area contributed by atoms with E-state index >= 15 is 0 Å². The van der Waals surface area contributed by atoms with E-state index < -0.39 is 0 Å². The van der Waals surface area contributed by atoms with Crippen molar-refractivity contribution in [2.24, 2.45) is 0 Å². The van der Waals surface area contributed by atoms with Crippen molar-refractivity contribution in [2.45, 2.75) is 153 Å². The van der Waals surface area contributed by atoms with Gasteiger partial charge in [0.1, 0.15) is 0 Å². The van der Waals surface area contributed by atoms with Gasteiger partial charge in [0, 0.05) is 42.4 Å². The Morgan fingerprint density at radius 3 is 2.04 bits per heavy atom. The molecule has 11 rings (SSSR count). The molecule has 0 saturated heterocycles. The Morgan fingerprint density at radius 2 is 1.25 bits per heavy atom. The Hall–Kier alpha value is -3.28. The maximum Gasteiger partial charge on any atom is 0.260 e. The van der Waals surface area contributed by atoms with Crippen molar-refractivity contribution in [3.05, 3.63) is 92.5 Å². The van der Waals surface area contributed by atoms with Crippen LogP contribution in [0.1, 0.15) is 147 Å². The van der Waals surface area contributed by atoms with Crippen LogP contribution in [0, 0.1) is 0 Å². The van der Waals surface area contributed by atoms with Gasteiger partial charge in [0.25, 0.3) is 6.71 Å². The van der Waals surface area contributed by atoms with Gasteiger partial charge in [-0.1, -0.05) is 123 Å². The lowest BCUT2D eigenvalue weighted by atomic mass is 9.40. The Labute approximate surface area is 338 Å². The first-order valence-corrected chi connectivity index (χ1v) is 23.0. The number of benzene rings is 3. The van der Waals surface area contributed by atoms with Crippen molar-refractivity contribution in [1.29, 1.82) is 0 Å². The summed E-state index contributed by atoms with van der Waals surface area (Å²) in [7, 11) is 0. The lowest BCUT2D eigenvalue weighted by Gasteiger charge is -2.50. The quantitative estimate of drug-likeness (QED) is 0.162. The van der Waals surface area contributed by atoms with Crippen LogP contribution in [0.4, 0.5) is 28.4 Å². The first kappa shape index (κ1) is 34.9. The molecule has 0 radical (unpaired) electrons. The van der Waals surface area contributed by atoms with E-state index in [1.54, 1.807) is 25.7 Å². The van der Waals surface area contributed by atoms with Crippen LogP contribution in [0.5, 0.6) is 0 Å². The van der Waals surface area contributed by atoms with Gasteiger partial charge in [-0.25, -0.2) is 0 Å². The average Bonchev–Trinajstić information content (AvgIpc) is 3.90. The second kappa shape index (κ2) is 10.8. The lowest BCUT2D eigenvalue weighted by molar-refractivity contribution is 0.195. The highest BCUT2D eigenvalue weighted by atomic mass is 32.1. The molecule has 5 heteroatoms. The molecule has 6 aliphatic rings. The third-order valence-corrected chi connectivity index (χ3v) is 19.2. The van der Waals surface area contributed by atoms with Gasteiger partial charge < -0.3 is 9.80 Å². The average molecular weight is 761 g/mol. The highest BCUT2D eigenvalue weighted by Crippen LogP contribution is 2.63. The smallest absolute Gasteiger partial charge is 0.260 e. The molecule has 1 fully saturated rings. The van der Waals surface area contributed by atoms with Crippen molar-refractivity contribution in [2.75, 3.05) is 9.80 Å². The van der Waals surface area contributed by atoms with Gasteiger partial charge in [-0.05, 0) is 119 Å². The zero-order valence-corrected chi connectivity index (χ0v) is 36.4. The Balaban J connectivity index is 1.27. The predicted octanol–water partition coefficient (Wildman–Crippen LogP) is 12.5. The van der Waals surface area contributed by atoms with Crippen molar-refractivity contribution in [3.8, 4) is 11.1 Å². The lowest BCUT2D eigenvalue weighted by Crippen LogP contribution is -2.55. The van der Waals surface area contributed by atoms with Crippen LogP contribution in [0.3, 0.4) is 0 Å². The zero-order chi connectivity index (χ0) is 38.2. The van der Waals surface area contributed by atoms with Crippen LogP contribution in [0.25, 0.3) is 11.1 Å². The molecule has 0 bridgehead atoms. The van der Waals surface area contributed by atoms with E-state index in [9.17, 15) is 0 Å². The minimum absolute atomic E-state index is 0.000798. The van der Waals surface area contributed by atoms with Crippen LogP contribution >= 0.6 is 22.7 Å². The van der Waals surface area contributed by atoms with E-state index in [1.807, 2.05) is 11.3 Å². The summed E-state index contributed by atoms with van der Waals surface area (Å²) < 4.78 is 1.57. The summed E-state index contributed by atoms with van der Waals surface area (Å²) >= 11 is 4.20. The molecule has 2 unspecified atom stereocenters. The van der Waals surface area contributed by atoms with Gasteiger partial charge in [-0.15, -0.1) is 11.3 Å². The molecule has 3 aromatic carbocycles. The molecule has 282 valence electrons. The van der Waals surface area contributed by atoms with Gasteiger partial charge >= 0.3 is 0 Å². The molecule has 0 amide bonds. The number of para-hydroxylation sites is 1. The molecule has 0 N–H and O–H groups in total. The molecule has 5 aromatic rings. The van der Waals surface area contributed by atoms with Crippen LogP contribution < -0.4 is 25.5 Å². The molecule has 1 saturated carbocycles. The predicted molar refractivity (Wildman–Crippen MR) is 240 cm³/mol. The van der Waals surface area contributed by atoms with E-state index in [1.165, 1.54) is 107 Å². The molecule has 3 aliphatic carbocycles. The Bertz CT molecular complexity index is 2480. The van der Waals surface area contributed by atoms with Crippen LogP contribution in [0.15, 0.2) is 66.0 Å². The van der Waals surface area contributed by atoms with E-state index in [2.05, 4.69) is 156 Å². The molecule has 2 aromatic heterocycles. The van der Waals surface area contributed by atoms with Gasteiger partial charge in [-0.2, -0.15) is 11.3 Å². The highest BCUT2D eigenvalue weighted by Gasteiger charge is 2.58. The SMILES string of the molecule is CC1(C)CCC(C)(C)c2c(N3c4cc(N5c6ccccc6C6(C)CCCCC56C)cc5c4B(c4ccccc4-5)c4sc5c(c43)C(C)(C)CCC5(C)C)csc21. The topological polar surface area (TPSA) is 6.48 Å². The summed E-state index contributed by atoms with van der Waals surface area (Å²) in [5.41, 5.74) is 18.4. The number of hydrogen-bond acceptors (Lipinski definition) is 4. The largest absolute Gasteiger partial charge is 0.334 e. The zero-order valence-electron chi connectivity index (χ0n) is 34.8. The first-order chi connectivity index (χ1) is 26.0. The third kappa shape index (κ3) is 4.28. The van der Waals surface area contributed by atoms with E-state index in [-0.39, 0.29) is 39.3 Å². The van der Waals surface area contributed by atoms with Crippen molar-refractivity contribution >= 4 is 73.5 Å². The fraction of sp³-hybridized carbons (Fsp3) is 0.480. The number of fused-ring (bicyclic) bond motifs is 11. The fourth-order valence-corrected chi connectivity index (χ4v) is 15.8. The normalized spacial score (nSPS) is 26.8. The van der Waals surface area contributed by atoms with Gasteiger partial charge in [-0.3, -0.25) is 0 Å². The summed E-state index contributed by atoms with van der Waals surface area (Å²) in [4.78, 5) is 8.93. The first-order valence-electron chi connectivity index (χ1n) is 21.3. The summed E-state index contributed by atoms with van der Waals surface area (Å²) in [6.07, 6.45) is 9.94. The van der Waals surface area contributed by atoms with E-state index in [0.29, 0.717) is 0 Å². The minimum atomic E-state index is -0.000798. The summed E-state index contributed by atoms with van der Waals surface area (Å²) in [5, 5.41) is 2.58. The van der Waals surface area contributed by atoms with Crippen LogP contribution in [0.2, 0.25) is 0 Å². The maximum absolute atomic E-state index is 2.88. The molecule has 2 atom stereocenters. The molecule has 55 heavy (non-hydrogen) atoms. The number of anilines is 5. The summed E-state index contributed by atoms with van der Waals surface area (Å²) in [6.45, 7) is 25.6. The second-order valence-electron chi connectivity index (χ2n) is 21.3. The standard InChI is InChI=1S/C50H57BN2S2/c1-45(2)23-25-47(5,6)42-38(45)37(29-54-42)52-36-28-30(53-35-20-14-12-18-33(35)49(9)21-15-16-22-50(49,53)10)27-32-31-17-11-13-19-34(31)51(40(32)36)44-41(52)39-43(55-44)48(7,8)26-24-46(39,3)4/h11-14,17-20,27-29H,15-16,21-26H2,1-10H3. The minimum Gasteiger partial charge on any atom is -0.334 e. The van der Waals surface area contributed by atoms with Gasteiger partial charge in [0.05, 0.1) is 16.9 Å². The summed E-state index contributed by atoms with van der Waals surface area (Å²) in [6, 6.07) is 24.2. The molecule has 3 aliphatic heterocycles. The van der Waals surface area contributed by atoms with Crippen molar-refractivity contribution in [1.82, 2.24) is 0 Å². The molecule has 5 heterocycles. The van der Waals surface area contributed by atoms with Gasteiger partial charge in [0.15, 0.2) is 0 Å². The van der Waals surface area contributed by atoms with E-state index in [0.717, 1.165) is 0 Å². The van der Waals surface area contributed by atoms with E-state index in [4.69, 9.17) is 0 Å². The molecular formula is C50H57BN2S2. The molecular weight excluding hydrogens is 704 g/mol. The van der Waals surface area contributed by atoms with Crippen LogP contribution in [-0.2, 0) is 27.1 Å². The van der Waals surface area contributed by atoms with Crippen LogP contribution in [-0.4, -0.2) is 12.3 Å². The maximum atomic E-state index is 2.88. The van der Waals surface area contributed by atoms with Gasteiger partial charge in [0.2, 0.25) is 0 Å². The Kier molecular flexibility index (Phi) is 6.86. The summed E-state index contributed by atoms with van der Waals surface area (Å²) in [5.74, 6) is 0. The number of thiophene rings is 2. The Morgan fingerprint density at radius 1 is 0.600 bits per heavy atom. The van der Waals surface area contributed by atoms with Crippen molar-refractivity contribution in [3.63, 3.8) is 0 Å².